The molecule has 2 aromatic rings. The summed E-state index contributed by atoms with van der Waals surface area (Å²) >= 11 is 0. The second-order valence-corrected chi connectivity index (χ2v) is 6.94. The highest BCUT2D eigenvalue weighted by Gasteiger charge is 2.25. The maximum absolute atomic E-state index is 12.7. The van der Waals surface area contributed by atoms with Gasteiger partial charge in [0.2, 0.25) is 5.91 Å². The standard InChI is InChI=1S/C23H28N2O5/c1-5-29-19-13-9-16(10-14-19)21(26)25-20(15(3)4)22(27)24-18-11-7-17(8-12-18)23(28)30-6-2/h7-15,20H,5-6H2,1-4H3,(H,24,27)(H,25,26)/t20-/m0/s1. The minimum absolute atomic E-state index is 0.129. The van der Waals surface area contributed by atoms with E-state index in [1.165, 1.54) is 0 Å². The molecule has 0 aliphatic carbocycles. The largest absolute Gasteiger partial charge is 0.494 e. The molecule has 0 spiro atoms. The second-order valence-electron chi connectivity index (χ2n) is 6.94. The number of ether oxygens (including phenoxy) is 2. The average Bonchev–Trinajstić information content (AvgIpc) is 2.73. The molecule has 0 aromatic heterocycles. The zero-order valence-electron chi connectivity index (χ0n) is 17.7. The molecule has 2 N–H and O–H groups in total. The lowest BCUT2D eigenvalue weighted by Gasteiger charge is -2.22. The van der Waals surface area contributed by atoms with Crippen LogP contribution in [0.4, 0.5) is 5.69 Å². The Hall–Kier alpha value is -3.35. The lowest BCUT2D eigenvalue weighted by Crippen LogP contribution is -2.47. The monoisotopic (exact) mass is 412 g/mol. The maximum atomic E-state index is 12.7. The van der Waals surface area contributed by atoms with Crippen molar-refractivity contribution < 1.29 is 23.9 Å². The van der Waals surface area contributed by atoms with Crippen molar-refractivity contribution >= 4 is 23.5 Å². The number of esters is 1. The van der Waals surface area contributed by atoms with Gasteiger partial charge in [-0.3, -0.25) is 9.59 Å². The Balaban J connectivity index is 2.03. The molecule has 0 bridgehead atoms. The Morgan fingerprint density at radius 2 is 1.47 bits per heavy atom. The van der Waals surface area contributed by atoms with E-state index in [2.05, 4.69) is 10.6 Å². The number of carbonyl (C=O) groups is 3. The predicted octanol–water partition coefficient (Wildman–Crippen LogP) is 3.66. The van der Waals surface area contributed by atoms with Gasteiger partial charge in [0, 0.05) is 11.3 Å². The van der Waals surface area contributed by atoms with E-state index in [1.54, 1.807) is 55.5 Å². The SMILES string of the molecule is CCOC(=O)c1ccc(NC(=O)[C@@H](NC(=O)c2ccc(OCC)cc2)C(C)C)cc1. The van der Waals surface area contributed by atoms with Gasteiger partial charge in [-0.25, -0.2) is 4.79 Å². The van der Waals surface area contributed by atoms with E-state index in [1.807, 2.05) is 20.8 Å². The Labute approximate surface area is 176 Å². The van der Waals surface area contributed by atoms with Crippen molar-refractivity contribution in [1.82, 2.24) is 5.32 Å². The van der Waals surface area contributed by atoms with Crippen LogP contribution in [-0.4, -0.2) is 37.0 Å². The van der Waals surface area contributed by atoms with Crippen LogP contribution in [0.5, 0.6) is 5.75 Å². The van der Waals surface area contributed by atoms with Gasteiger partial charge in [0.1, 0.15) is 11.8 Å². The van der Waals surface area contributed by atoms with Gasteiger partial charge in [-0.1, -0.05) is 13.8 Å². The van der Waals surface area contributed by atoms with E-state index in [0.29, 0.717) is 35.8 Å². The van der Waals surface area contributed by atoms with E-state index in [9.17, 15) is 14.4 Å². The molecule has 7 heteroatoms. The fourth-order valence-corrected chi connectivity index (χ4v) is 2.75. The number of hydrogen-bond donors (Lipinski definition) is 2. The quantitative estimate of drug-likeness (QED) is 0.613. The Bertz CT molecular complexity index is 860. The normalized spacial score (nSPS) is 11.5. The lowest BCUT2D eigenvalue weighted by atomic mass is 10.0. The molecule has 160 valence electrons. The van der Waals surface area contributed by atoms with Crippen LogP contribution < -0.4 is 15.4 Å². The van der Waals surface area contributed by atoms with Gasteiger partial charge in [-0.2, -0.15) is 0 Å². The number of hydrogen-bond acceptors (Lipinski definition) is 5. The van der Waals surface area contributed by atoms with E-state index in [4.69, 9.17) is 9.47 Å². The zero-order valence-corrected chi connectivity index (χ0v) is 17.7. The molecule has 1 atom stereocenters. The first-order chi connectivity index (χ1) is 14.3. The van der Waals surface area contributed by atoms with Crippen LogP contribution >= 0.6 is 0 Å². The van der Waals surface area contributed by atoms with Gasteiger partial charge < -0.3 is 20.1 Å². The van der Waals surface area contributed by atoms with Gasteiger partial charge in [-0.05, 0) is 68.3 Å². The summed E-state index contributed by atoms with van der Waals surface area (Å²) in [6, 6.07) is 12.4. The molecule has 0 radical (unpaired) electrons. The highest BCUT2D eigenvalue weighted by molar-refractivity contribution is 6.01. The molecule has 0 aliphatic rings. The zero-order chi connectivity index (χ0) is 22.1. The number of anilines is 1. The summed E-state index contributed by atoms with van der Waals surface area (Å²) in [5.41, 5.74) is 1.36. The number of rotatable bonds is 9. The first-order valence-corrected chi connectivity index (χ1v) is 9.97. The van der Waals surface area contributed by atoms with Crippen molar-refractivity contribution in [2.45, 2.75) is 33.7 Å². The summed E-state index contributed by atoms with van der Waals surface area (Å²) in [6.45, 7) is 8.17. The van der Waals surface area contributed by atoms with Crippen LogP contribution in [0.1, 0.15) is 48.4 Å². The third kappa shape index (κ3) is 6.34. The van der Waals surface area contributed by atoms with Crippen LogP contribution in [-0.2, 0) is 9.53 Å². The predicted molar refractivity (Wildman–Crippen MR) is 115 cm³/mol. The fraction of sp³-hybridized carbons (Fsp3) is 0.348. The molecule has 2 amide bonds. The minimum atomic E-state index is -0.728. The summed E-state index contributed by atoms with van der Waals surface area (Å²) in [4.78, 5) is 37.1. The van der Waals surface area contributed by atoms with Gasteiger partial charge in [0.05, 0.1) is 18.8 Å². The van der Waals surface area contributed by atoms with Crippen molar-refractivity contribution in [1.29, 1.82) is 0 Å². The molecule has 0 saturated heterocycles. The van der Waals surface area contributed by atoms with Gasteiger partial charge in [-0.15, -0.1) is 0 Å². The molecule has 0 fully saturated rings. The first-order valence-electron chi connectivity index (χ1n) is 9.97. The number of carbonyl (C=O) groups excluding carboxylic acids is 3. The number of benzene rings is 2. The van der Waals surface area contributed by atoms with Crippen molar-refractivity contribution in [3.05, 3.63) is 59.7 Å². The molecular weight excluding hydrogens is 384 g/mol. The Morgan fingerprint density at radius 3 is 2.00 bits per heavy atom. The smallest absolute Gasteiger partial charge is 0.338 e. The highest BCUT2D eigenvalue weighted by atomic mass is 16.5. The molecule has 0 saturated carbocycles. The van der Waals surface area contributed by atoms with Gasteiger partial charge in [0.15, 0.2) is 0 Å². The third-order valence-corrected chi connectivity index (χ3v) is 4.33. The summed E-state index contributed by atoms with van der Waals surface area (Å²) < 4.78 is 10.3. The van der Waals surface area contributed by atoms with Crippen LogP contribution in [0.2, 0.25) is 0 Å². The van der Waals surface area contributed by atoms with E-state index in [0.717, 1.165) is 0 Å². The third-order valence-electron chi connectivity index (χ3n) is 4.33. The second kappa shape index (κ2) is 11.0. The minimum Gasteiger partial charge on any atom is -0.494 e. The summed E-state index contributed by atoms with van der Waals surface area (Å²) in [5, 5.41) is 5.56. The molecule has 2 rings (SSSR count). The topological polar surface area (TPSA) is 93.7 Å². The van der Waals surface area contributed by atoms with Crippen LogP contribution in [0.15, 0.2) is 48.5 Å². The van der Waals surface area contributed by atoms with E-state index < -0.39 is 12.0 Å². The van der Waals surface area contributed by atoms with E-state index in [-0.39, 0.29) is 17.7 Å². The lowest BCUT2D eigenvalue weighted by molar-refractivity contribution is -0.118. The first kappa shape index (κ1) is 22.9. The molecule has 2 aromatic carbocycles. The van der Waals surface area contributed by atoms with E-state index >= 15 is 0 Å². The van der Waals surface area contributed by atoms with Crippen LogP contribution in [0, 0.1) is 5.92 Å². The van der Waals surface area contributed by atoms with Crippen LogP contribution in [0.25, 0.3) is 0 Å². The highest BCUT2D eigenvalue weighted by Crippen LogP contribution is 2.15. The molecular formula is C23H28N2O5. The maximum Gasteiger partial charge on any atom is 0.338 e. The average molecular weight is 412 g/mol. The summed E-state index contributed by atoms with van der Waals surface area (Å²) in [5.74, 6) is -0.551. The van der Waals surface area contributed by atoms with Crippen molar-refractivity contribution in [3.8, 4) is 5.75 Å². The summed E-state index contributed by atoms with van der Waals surface area (Å²) in [6.07, 6.45) is 0. The fourth-order valence-electron chi connectivity index (χ4n) is 2.75. The van der Waals surface area contributed by atoms with Gasteiger partial charge >= 0.3 is 5.97 Å². The van der Waals surface area contributed by atoms with Gasteiger partial charge in [0.25, 0.3) is 5.91 Å². The summed E-state index contributed by atoms with van der Waals surface area (Å²) in [7, 11) is 0. The Morgan fingerprint density at radius 1 is 0.867 bits per heavy atom. The van der Waals surface area contributed by atoms with Crippen LogP contribution in [0.3, 0.4) is 0 Å². The Kier molecular flexibility index (Phi) is 8.41. The molecule has 30 heavy (non-hydrogen) atoms. The van der Waals surface area contributed by atoms with Crippen molar-refractivity contribution in [2.75, 3.05) is 18.5 Å². The van der Waals surface area contributed by atoms with Crippen molar-refractivity contribution in [3.63, 3.8) is 0 Å². The van der Waals surface area contributed by atoms with Crippen molar-refractivity contribution in [2.24, 2.45) is 5.92 Å². The molecule has 0 heterocycles. The molecule has 7 nitrogen and oxygen atoms in total. The molecule has 0 unspecified atom stereocenters. The number of nitrogens with one attached hydrogen (secondary N) is 2. The number of amides is 2. The molecule has 0 aliphatic heterocycles.